The monoisotopic (exact) mass is 237 g/mol. The third kappa shape index (κ3) is 4.22. The fraction of sp³-hybridized carbons (Fsp3) is 0.300. The zero-order valence-electron chi connectivity index (χ0n) is 9.34. The number of guanidine groups is 1. The smallest absolute Gasteiger partial charge is 0.198 e. The molecule has 0 saturated carbocycles. The number of nitrogens with one attached hydrogen (secondary N) is 1. The Morgan fingerprint density at radius 2 is 2.31 bits per heavy atom. The fourth-order valence-electron chi connectivity index (χ4n) is 0.912. The maximum absolute atomic E-state index is 5.62. The number of hydrogen-bond donors (Lipinski definition) is 2. The van der Waals surface area contributed by atoms with Gasteiger partial charge >= 0.3 is 0 Å². The van der Waals surface area contributed by atoms with E-state index in [-0.39, 0.29) is 0 Å². The van der Waals surface area contributed by atoms with E-state index in [1.54, 1.807) is 25.2 Å². The topological polar surface area (TPSA) is 66.5 Å². The Morgan fingerprint density at radius 3 is 2.88 bits per heavy atom. The largest absolute Gasteiger partial charge is 0.369 e. The molecule has 0 spiro atoms. The van der Waals surface area contributed by atoms with Gasteiger partial charge in [-0.3, -0.25) is 4.98 Å². The van der Waals surface area contributed by atoms with E-state index in [9.17, 15) is 0 Å². The summed E-state index contributed by atoms with van der Waals surface area (Å²) in [5.74, 6) is 0.374. The van der Waals surface area contributed by atoms with Gasteiger partial charge in [0.05, 0.1) is 12.2 Å². The standard InChI is InChI=1S/C10H15N5S/c1-15(2)9(11)14-10(16)13-7-8-5-3-4-6-12-8/h3-6H,7H2,1-2H3,(H3,11,13,14,16). The lowest BCUT2D eigenvalue weighted by atomic mass is 10.3. The van der Waals surface area contributed by atoms with Gasteiger partial charge in [0, 0.05) is 20.3 Å². The molecular formula is C10H15N5S. The number of hydrogen-bond acceptors (Lipinski definition) is 2. The minimum atomic E-state index is 0.358. The van der Waals surface area contributed by atoms with Crippen LogP contribution in [0.2, 0.25) is 0 Å². The van der Waals surface area contributed by atoms with Crippen LogP contribution in [0.3, 0.4) is 0 Å². The van der Waals surface area contributed by atoms with Crippen LogP contribution in [0.1, 0.15) is 5.69 Å². The van der Waals surface area contributed by atoms with E-state index in [0.717, 1.165) is 5.69 Å². The molecule has 1 rings (SSSR count). The number of nitrogens with two attached hydrogens (primary N) is 1. The second-order valence-electron chi connectivity index (χ2n) is 3.34. The van der Waals surface area contributed by atoms with Gasteiger partial charge in [0.25, 0.3) is 0 Å². The van der Waals surface area contributed by atoms with E-state index < -0.39 is 0 Å². The average molecular weight is 237 g/mol. The van der Waals surface area contributed by atoms with Crippen LogP contribution in [0.5, 0.6) is 0 Å². The Hall–Kier alpha value is -1.69. The highest BCUT2D eigenvalue weighted by Crippen LogP contribution is 1.92. The lowest BCUT2D eigenvalue weighted by Gasteiger charge is -2.11. The van der Waals surface area contributed by atoms with Crippen molar-refractivity contribution in [3.05, 3.63) is 30.1 Å². The fourth-order valence-corrected chi connectivity index (χ4v) is 1.08. The molecule has 6 heteroatoms. The molecule has 1 heterocycles. The van der Waals surface area contributed by atoms with Crippen molar-refractivity contribution >= 4 is 23.3 Å². The number of aromatic nitrogens is 1. The molecular weight excluding hydrogens is 222 g/mol. The van der Waals surface area contributed by atoms with E-state index >= 15 is 0 Å². The predicted molar refractivity (Wildman–Crippen MR) is 69.0 cm³/mol. The van der Waals surface area contributed by atoms with E-state index in [4.69, 9.17) is 18.0 Å². The first-order valence-corrected chi connectivity index (χ1v) is 5.19. The summed E-state index contributed by atoms with van der Waals surface area (Å²) in [7, 11) is 3.61. The summed E-state index contributed by atoms with van der Waals surface area (Å²) < 4.78 is 0. The summed E-state index contributed by atoms with van der Waals surface area (Å²) in [6, 6.07) is 5.70. The van der Waals surface area contributed by atoms with Crippen molar-refractivity contribution in [3.63, 3.8) is 0 Å². The minimum absolute atomic E-state index is 0.358. The Morgan fingerprint density at radius 1 is 1.56 bits per heavy atom. The number of nitrogens with zero attached hydrogens (tertiary/aromatic N) is 3. The molecule has 0 atom stereocenters. The molecule has 0 fully saturated rings. The van der Waals surface area contributed by atoms with Crippen molar-refractivity contribution in [2.45, 2.75) is 6.54 Å². The summed E-state index contributed by atoms with van der Waals surface area (Å²) in [6.45, 7) is 0.546. The first-order chi connectivity index (χ1) is 7.59. The highest BCUT2D eigenvalue weighted by molar-refractivity contribution is 7.80. The molecule has 1 aromatic heterocycles. The van der Waals surface area contributed by atoms with Crippen LogP contribution in [-0.2, 0) is 6.54 Å². The quantitative estimate of drug-likeness (QED) is 0.441. The first kappa shape index (κ1) is 12.4. The van der Waals surface area contributed by atoms with Gasteiger partial charge in [0.2, 0.25) is 0 Å². The lowest BCUT2D eigenvalue weighted by molar-refractivity contribution is 0.615. The summed E-state index contributed by atoms with van der Waals surface area (Å²) in [4.78, 5) is 9.85. The van der Waals surface area contributed by atoms with Crippen molar-refractivity contribution in [2.75, 3.05) is 14.1 Å². The second-order valence-corrected chi connectivity index (χ2v) is 3.73. The van der Waals surface area contributed by atoms with Crippen LogP contribution < -0.4 is 11.1 Å². The molecule has 16 heavy (non-hydrogen) atoms. The number of thiocarbonyl (C=S) groups is 1. The zero-order valence-corrected chi connectivity index (χ0v) is 10.2. The predicted octanol–water partition coefficient (Wildman–Crippen LogP) is 0.332. The van der Waals surface area contributed by atoms with Gasteiger partial charge in [0.15, 0.2) is 11.1 Å². The van der Waals surface area contributed by atoms with Crippen LogP contribution in [0.15, 0.2) is 29.4 Å². The third-order valence-electron chi connectivity index (χ3n) is 1.82. The molecule has 0 aliphatic carbocycles. The normalized spacial score (nSPS) is 11.0. The van der Waals surface area contributed by atoms with E-state index in [0.29, 0.717) is 17.6 Å². The van der Waals surface area contributed by atoms with E-state index in [1.165, 1.54) is 0 Å². The van der Waals surface area contributed by atoms with Gasteiger partial charge < -0.3 is 16.0 Å². The molecule has 0 aliphatic heterocycles. The molecule has 5 nitrogen and oxygen atoms in total. The summed E-state index contributed by atoms with van der Waals surface area (Å²) in [6.07, 6.45) is 1.73. The summed E-state index contributed by atoms with van der Waals surface area (Å²) >= 11 is 5.02. The molecule has 0 amide bonds. The van der Waals surface area contributed by atoms with Crippen LogP contribution >= 0.6 is 12.2 Å². The third-order valence-corrected chi connectivity index (χ3v) is 2.06. The van der Waals surface area contributed by atoms with Gasteiger partial charge in [0.1, 0.15) is 0 Å². The van der Waals surface area contributed by atoms with Crippen molar-refractivity contribution in [3.8, 4) is 0 Å². The number of rotatable bonds is 2. The molecule has 0 saturated heterocycles. The lowest BCUT2D eigenvalue weighted by Crippen LogP contribution is -2.33. The maximum atomic E-state index is 5.62. The summed E-state index contributed by atoms with van der Waals surface area (Å²) in [5.41, 5.74) is 6.53. The first-order valence-electron chi connectivity index (χ1n) is 4.79. The molecule has 0 radical (unpaired) electrons. The molecule has 1 aromatic rings. The molecule has 0 aromatic carbocycles. The van der Waals surface area contributed by atoms with Crippen LogP contribution in [0.4, 0.5) is 0 Å². The van der Waals surface area contributed by atoms with Crippen LogP contribution in [0, 0.1) is 0 Å². The zero-order chi connectivity index (χ0) is 12.0. The summed E-state index contributed by atoms with van der Waals surface area (Å²) in [5, 5.41) is 3.32. The Kier molecular flexibility index (Phi) is 4.65. The SMILES string of the molecule is CN(C)C(N)=NC(=S)NCc1ccccn1. The van der Waals surface area contributed by atoms with Crippen molar-refractivity contribution in [1.29, 1.82) is 0 Å². The number of pyridine rings is 1. The van der Waals surface area contributed by atoms with Crippen molar-refractivity contribution in [1.82, 2.24) is 15.2 Å². The molecule has 0 bridgehead atoms. The highest BCUT2D eigenvalue weighted by atomic mass is 32.1. The van der Waals surface area contributed by atoms with Gasteiger partial charge in [-0.25, -0.2) is 0 Å². The van der Waals surface area contributed by atoms with Gasteiger partial charge in [-0.15, -0.1) is 0 Å². The van der Waals surface area contributed by atoms with Crippen LogP contribution in [-0.4, -0.2) is 35.1 Å². The average Bonchev–Trinajstić information content (AvgIpc) is 2.27. The van der Waals surface area contributed by atoms with Gasteiger partial charge in [-0.1, -0.05) is 6.07 Å². The molecule has 86 valence electrons. The number of aliphatic imine (C=N–C) groups is 1. The van der Waals surface area contributed by atoms with Gasteiger partial charge in [-0.05, 0) is 24.4 Å². The van der Waals surface area contributed by atoms with Crippen LogP contribution in [0.25, 0.3) is 0 Å². The Balaban J connectivity index is 2.45. The van der Waals surface area contributed by atoms with Crippen molar-refractivity contribution < 1.29 is 0 Å². The second kappa shape index (κ2) is 6.02. The van der Waals surface area contributed by atoms with E-state index in [1.807, 2.05) is 18.2 Å². The minimum Gasteiger partial charge on any atom is -0.369 e. The molecule has 3 N–H and O–H groups in total. The van der Waals surface area contributed by atoms with E-state index in [2.05, 4.69) is 15.3 Å². The van der Waals surface area contributed by atoms with Crippen molar-refractivity contribution in [2.24, 2.45) is 10.7 Å². The Bertz CT molecular complexity index is 374. The molecule has 0 aliphatic rings. The Labute approximate surface area is 100 Å². The van der Waals surface area contributed by atoms with Gasteiger partial charge in [-0.2, -0.15) is 4.99 Å². The molecule has 0 unspecified atom stereocenters. The highest BCUT2D eigenvalue weighted by Gasteiger charge is 1.98. The maximum Gasteiger partial charge on any atom is 0.198 e.